The van der Waals surface area contributed by atoms with E-state index in [9.17, 15) is 19.5 Å². The van der Waals surface area contributed by atoms with Gasteiger partial charge in [0.1, 0.15) is 5.75 Å². The molecule has 1 unspecified atom stereocenters. The summed E-state index contributed by atoms with van der Waals surface area (Å²) in [5.74, 6) is -3.10. The summed E-state index contributed by atoms with van der Waals surface area (Å²) in [6.45, 7) is 2.79. The topological polar surface area (TPSA) is 104 Å². The third-order valence-electron chi connectivity index (χ3n) is 5.56. The molecule has 0 saturated carbocycles. The first-order valence-corrected chi connectivity index (χ1v) is 11.6. The fourth-order valence-electron chi connectivity index (χ4n) is 3.95. The third-order valence-corrected chi connectivity index (χ3v) is 6.25. The number of para-hydroxylation sites is 1. The lowest BCUT2D eigenvalue weighted by Crippen LogP contribution is -2.31. The van der Waals surface area contributed by atoms with Gasteiger partial charge in [-0.2, -0.15) is 11.3 Å². The van der Waals surface area contributed by atoms with Crippen LogP contribution < -0.4 is 9.64 Å². The number of carbonyl (C=O) groups excluding carboxylic acids is 2. The van der Waals surface area contributed by atoms with E-state index in [4.69, 9.17) is 9.84 Å². The second kappa shape index (κ2) is 9.52. The average molecular weight is 478 g/mol. The molecule has 1 aliphatic heterocycles. The highest BCUT2D eigenvalue weighted by Gasteiger charge is 2.45. The molecule has 3 aromatic rings. The molecule has 1 aromatic heterocycles. The Morgan fingerprint density at radius 1 is 1.06 bits per heavy atom. The van der Waals surface area contributed by atoms with Gasteiger partial charge in [0.25, 0.3) is 5.91 Å². The van der Waals surface area contributed by atoms with Crippen LogP contribution in [0.3, 0.4) is 0 Å². The van der Waals surface area contributed by atoms with Crippen molar-refractivity contribution in [2.45, 2.75) is 19.9 Å². The standard InChI is InChI=1S/C26H23NO6S/c1-15(2)24(30)22-23(19-5-3-4-6-20(19)33-13-21(28)29)27(26(32)25(22)31)18-9-7-16(8-10-18)17-11-12-34-14-17/h3-12,14-15,23,31H,13H2,1-2H3,(H,28,29). The van der Waals surface area contributed by atoms with Crippen LogP contribution in [-0.2, 0) is 14.4 Å². The number of aliphatic carboxylic acids is 1. The number of aliphatic hydroxyl groups excluding tert-OH is 1. The predicted molar refractivity (Wildman–Crippen MR) is 129 cm³/mol. The lowest BCUT2D eigenvalue weighted by Gasteiger charge is -2.28. The second-order valence-electron chi connectivity index (χ2n) is 8.14. The van der Waals surface area contributed by atoms with Gasteiger partial charge in [0.2, 0.25) is 0 Å². The number of hydrogen-bond donors (Lipinski definition) is 2. The van der Waals surface area contributed by atoms with E-state index in [0.29, 0.717) is 11.3 Å². The van der Waals surface area contributed by atoms with Crippen LogP contribution in [0.15, 0.2) is 76.7 Å². The van der Waals surface area contributed by atoms with Crippen LogP contribution in [-0.4, -0.2) is 34.5 Å². The fourth-order valence-corrected chi connectivity index (χ4v) is 4.61. The van der Waals surface area contributed by atoms with E-state index in [1.165, 1.54) is 4.90 Å². The normalized spacial score (nSPS) is 15.8. The number of carbonyl (C=O) groups is 3. The van der Waals surface area contributed by atoms with E-state index in [0.717, 1.165) is 11.1 Å². The Balaban J connectivity index is 1.83. The molecule has 0 radical (unpaired) electrons. The van der Waals surface area contributed by atoms with Gasteiger partial charge in [-0.3, -0.25) is 14.5 Å². The highest BCUT2D eigenvalue weighted by Crippen LogP contribution is 2.45. The van der Waals surface area contributed by atoms with E-state index in [-0.39, 0.29) is 17.1 Å². The summed E-state index contributed by atoms with van der Waals surface area (Å²) in [4.78, 5) is 38.8. The lowest BCUT2D eigenvalue weighted by atomic mass is 9.90. The maximum Gasteiger partial charge on any atom is 0.341 e. The number of ether oxygens (including phenoxy) is 1. The van der Waals surface area contributed by atoms with Crippen molar-refractivity contribution in [3.63, 3.8) is 0 Å². The number of benzene rings is 2. The summed E-state index contributed by atoms with van der Waals surface area (Å²) < 4.78 is 5.47. The van der Waals surface area contributed by atoms with E-state index in [1.807, 2.05) is 29.0 Å². The number of aliphatic hydroxyl groups is 1. The minimum Gasteiger partial charge on any atom is -0.503 e. The van der Waals surface area contributed by atoms with Crippen molar-refractivity contribution in [2.24, 2.45) is 5.92 Å². The maximum absolute atomic E-state index is 13.3. The molecule has 0 saturated heterocycles. The van der Waals surface area contributed by atoms with Crippen LogP contribution in [0.2, 0.25) is 0 Å². The quantitative estimate of drug-likeness (QED) is 0.473. The van der Waals surface area contributed by atoms with Gasteiger partial charge in [0.05, 0.1) is 11.6 Å². The van der Waals surface area contributed by atoms with Gasteiger partial charge in [-0.05, 0) is 46.2 Å². The number of thiophene rings is 1. The van der Waals surface area contributed by atoms with E-state index in [2.05, 4.69) is 0 Å². The second-order valence-corrected chi connectivity index (χ2v) is 8.92. The van der Waals surface area contributed by atoms with Gasteiger partial charge in [0.15, 0.2) is 18.1 Å². The molecular weight excluding hydrogens is 454 g/mol. The molecule has 174 valence electrons. The summed E-state index contributed by atoms with van der Waals surface area (Å²) in [5, 5.41) is 23.8. The number of ketones is 1. The van der Waals surface area contributed by atoms with Gasteiger partial charge in [-0.25, -0.2) is 4.79 Å². The molecule has 1 aliphatic rings. The van der Waals surface area contributed by atoms with Crippen LogP contribution in [0.4, 0.5) is 5.69 Å². The molecule has 0 spiro atoms. The van der Waals surface area contributed by atoms with Crippen LogP contribution in [0.5, 0.6) is 5.75 Å². The highest BCUT2D eigenvalue weighted by atomic mass is 32.1. The van der Waals surface area contributed by atoms with Crippen LogP contribution in [0.1, 0.15) is 25.5 Å². The molecule has 2 heterocycles. The summed E-state index contributed by atoms with van der Waals surface area (Å²) in [7, 11) is 0. The van der Waals surface area contributed by atoms with Crippen molar-refractivity contribution in [3.05, 3.63) is 82.3 Å². The molecule has 1 amide bonds. The number of carboxylic acids is 1. The van der Waals surface area contributed by atoms with Crippen molar-refractivity contribution in [1.82, 2.24) is 0 Å². The molecule has 0 bridgehead atoms. The largest absolute Gasteiger partial charge is 0.503 e. The molecule has 0 aliphatic carbocycles. The Bertz CT molecular complexity index is 1260. The molecule has 34 heavy (non-hydrogen) atoms. The van der Waals surface area contributed by atoms with E-state index >= 15 is 0 Å². The molecule has 4 rings (SSSR count). The van der Waals surface area contributed by atoms with E-state index < -0.39 is 36.2 Å². The average Bonchev–Trinajstić information content (AvgIpc) is 3.45. The zero-order valence-electron chi connectivity index (χ0n) is 18.6. The Kier molecular flexibility index (Phi) is 6.51. The SMILES string of the molecule is CC(C)C(=O)C1=C(O)C(=O)N(c2ccc(-c3ccsc3)cc2)C1c1ccccc1OCC(=O)O. The monoisotopic (exact) mass is 477 g/mol. The third kappa shape index (κ3) is 4.32. The lowest BCUT2D eigenvalue weighted by molar-refractivity contribution is -0.139. The smallest absolute Gasteiger partial charge is 0.341 e. The number of amides is 1. The molecular formula is C26H23NO6S. The number of rotatable bonds is 8. The molecule has 8 heteroatoms. The van der Waals surface area contributed by atoms with Crippen LogP contribution in [0.25, 0.3) is 11.1 Å². The fraction of sp³-hybridized carbons (Fsp3) is 0.192. The minimum absolute atomic E-state index is 0.0340. The van der Waals surface area contributed by atoms with Crippen molar-refractivity contribution in [1.29, 1.82) is 0 Å². The highest BCUT2D eigenvalue weighted by molar-refractivity contribution is 7.08. The van der Waals surface area contributed by atoms with E-state index in [1.54, 1.807) is 61.6 Å². The van der Waals surface area contributed by atoms with Crippen LogP contribution >= 0.6 is 11.3 Å². The van der Waals surface area contributed by atoms with Gasteiger partial charge >= 0.3 is 5.97 Å². The number of nitrogens with zero attached hydrogens (tertiary/aromatic N) is 1. The van der Waals surface area contributed by atoms with Crippen molar-refractivity contribution < 1.29 is 29.3 Å². The van der Waals surface area contributed by atoms with Gasteiger partial charge in [0, 0.05) is 17.2 Å². The number of carboxylic acid groups (broad SMARTS) is 1. The Morgan fingerprint density at radius 3 is 2.38 bits per heavy atom. The number of anilines is 1. The summed E-state index contributed by atoms with van der Waals surface area (Å²) in [6, 6.07) is 14.9. The Hall–Kier alpha value is -3.91. The van der Waals surface area contributed by atoms with Gasteiger partial charge in [-0.1, -0.05) is 44.2 Å². The Labute approximate surface area is 200 Å². The number of hydrogen-bond acceptors (Lipinski definition) is 6. The maximum atomic E-state index is 13.3. The molecule has 2 N–H and O–H groups in total. The van der Waals surface area contributed by atoms with Crippen molar-refractivity contribution >= 4 is 34.7 Å². The Morgan fingerprint density at radius 2 is 1.76 bits per heavy atom. The molecule has 0 fully saturated rings. The molecule has 1 atom stereocenters. The summed E-state index contributed by atoms with van der Waals surface area (Å²) >= 11 is 1.58. The summed E-state index contributed by atoms with van der Waals surface area (Å²) in [6.07, 6.45) is 0. The van der Waals surface area contributed by atoms with Crippen molar-refractivity contribution in [3.8, 4) is 16.9 Å². The first-order chi connectivity index (χ1) is 16.3. The first kappa shape index (κ1) is 23.3. The molecule has 2 aromatic carbocycles. The summed E-state index contributed by atoms with van der Waals surface area (Å²) in [5.41, 5.74) is 2.87. The van der Waals surface area contributed by atoms with Gasteiger partial charge in [-0.15, -0.1) is 0 Å². The van der Waals surface area contributed by atoms with Crippen LogP contribution in [0, 0.1) is 5.92 Å². The van der Waals surface area contributed by atoms with Gasteiger partial charge < -0.3 is 14.9 Å². The first-order valence-electron chi connectivity index (χ1n) is 10.7. The van der Waals surface area contributed by atoms with Crippen molar-refractivity contribution in [2.75, 3.05) is 11.5 Å². The zero-order valence-corrected chi connectivity index (χ0v) is 19.4. The zero-order chi connectivity index (χ0) is 24.4. The minimum atomic E-state index is -1.16. The number of Topliss-reactive ketones (excluding diaryl/α,β-unsaturated/α-hetero) is 1. The molecule has 7 nitrogen and oxygen atoms in total. The predicted octanol–water partition coefficient (Wildman–Crippen LogP) is 5.00.